The van der Waals surface area contributed by atoms with Crippen molar-refractivity contribution in [2.75, 3.05) is 12.4 Å². The lowest BCUT2D eigenvalue weighted by molar-refractivity contribution is 0.0992. The van der Waals surface area contributed by atoms with E-state index in [9.17, 15) is 4.79 Å². The van der Waals surface area contributed by atoms with Gasteiger partial charge in [0.1, 0.15) is 0 Å². The molecule has 0 aliphatic rings. The van der Waals surface area contributed by atoms with Crippen LogP contribution in [0.2, 0.25) is 0 Å². The second-order valence-electron chi connectivity index (χ2n) is 4.22. The fourth-order valence-electron chi connectivity index (χ4n) is 1.87. The van der Waals surface area contributed by atoms with Crippen molar-refractivity contribution in [2.45, 2.75) is 13.3 Å². The lowest BCUT2D eigenvalue weighted by atomic mass is 10.0. The summed E-state index contributed by atoms with van der Waals surface area (Å²) in [6.45, 7) is 1.98. The maximum Gasteiger partial charge on any atom is 0.170 e. The van der Waals surface area contributed by atoms with Crippen molar-refractivity contribution < 1.29 is 4.79 Å². The fourth-order valence-corrected chi connectivity index (χ4v) is 1.87. The number of Topliss-reactive ketones (excluding diaryl/α,β-unsaturated/α-hetero) is 1. The number of benzene rings is 1. The molecule has 2 aromatic rings. The third kappa shape index (κ3) is 2.74. The summed E-state index contributed by atoms with van der Waals surface area (Å²) in [5.41, 5.74) is 3.47. The number of nitrogens with zero attached hydrogens (tertiary/aromatic N) is 1. The molecule has 18 heavy (non-hydrogen) atoms. The van der Waals surface area contributed by atoms with Gasteiger partial charge in [-0.1, -0.05) is 17.7 Å². The number of nitrogens with one attached hydrogen (secondary N) is 1. The van der Waals surface area contributed by atoms with E-state index < -0.39 is 0 Å². The Balaban J connectivity index is 2.26. The quantitative estimate of drug-likeness (QED) is 0.835. The molecule has 0 aliphatic heterocycles. The van der Waals surface area contributed by atoms with E-state index in [1.807, 2.05) is 50.4 Å². The summed E-state index contributed by atoms with van der Waals surface area (Å²) in [5.74, 6) is 0.0850. The van der Waals surface area contributed by atoms with Crippen LogP contribution in [-0.4, -0.2) is 17.8 Å². The SMILES string of the molecule is CNc1ccc(C)cc1C(=O)Cc1ccccn1. The number of pyridine rings is 1. The molecular formula is C15H16N2O. The molecule has 1 aromatic carbocycles. The molecular weight excluding hydrogens is 224 g/mol. The van der Waals surface area contributed by atoms with Crippen LogP contribution in [0.3, 0.4) is 0 Å². The first-order valence-corrected chi connectivity index (χ1v) is 5.92. The predicted octanol–water partition coefficient (Wildman–Crippen LogP) is 2.86. The molecule has 0 fully saturated rings. The fraction of sp³-hybridized carbons (Fsp3) is 0.200. The number of carbonyl (C=O) groups is 1. The van der Waals surface area contributed by atoms with Gasteiger partial charge in [0.25, 0.3) is 0 Å². The lowest BCUT2D eigenvalue weighted by Gasteiger charge is -2.09. The van der Waals surface area contributed by atoms with Crippen LogP contribution in [0.1, 0.15) is 21.6 Å². The van der Waals surface area contributed by atoms with Crippen molar-refractivity contribution in [3.63, 3.8) is 0 Å². The van der Waals surface area contributed by atoms with Gasteiger partial charge < -0.3 is 5.32 Å². The van der Waals surface area contributed by atoms with E-state index in [-0.39, 0.29) is 5.78 Å². The Bertz CT molecular complexity index is 550. The van der Waals surface area contributed by atoms with Gasteiger partial charge >= 0.3 is 0 Å². The molecule has 1 aromatic heterocycles. The molecule has 0 saturated heterocycles. The first-order chi connectivity index (χ1) is 8.70. The maximum absolute atomic E-state index is 12.3. The number of carbonyl (C=O) groups excluding carboxylic acids is 1. The molecule has 0 bridgehead atoms. The highest BCUT2D eigenvalue weighted by molar-refractivity contribution is 6.02. The van der Waals surface area contributed by atoms with Crippen LogP contribution >= 0.6 is 0 Å². The van der Waals surface area contributed by atoms with Gasteiger partial charge in [-0.25, -0.2) is 0 Å². The number of hydrogen-bond acceptors (Lipinski definition) is 3. The summed E-state index contributed by atoms with van der Waals surface area (Å²) in [6, 6.07) is 11.4. The zero-order valence-corrected chi connectivity index (χ0v) is 10.6. The Labute approximate surface area is 107 Å². The summed E-state index contributed by atoms with van der Waals surface area (Å²) in [7, 11) is 1.82. The van der Waals surface area contributed by atoms with Crippen LogP contribution < -0.4 is 5.32 Å². The van der Waals surface area contributed by atoms with Gasteiger partial charge in [0.2, 0.25) is 0 Å². The van der Waals surface area contributed by atoms with Gasteiger partial charge in [-0.05, 0) is 31.2 Å². The van der Waals surface area contributed by atoms with E-state index in [0.717, 1.165) is 22.5 Å². The smallest absolute Gasteiger partial charge is 0.170 e. The molecule has 0 radical (unpaired) electrons. The molecule has 2 rings (SSSR count). The number of aromatic nitrogens is 1. The van der Waals surface area contributed by atoms with E-state index >= 15 is 0 Å². The van der Waals surface area contributed by atoms with Gasteiger partial charge in [0.05, 0.1) is 6.42 Å². The minimum Gasteiger partial charge on any atom is -0.388 e. The van der Waals surface area contributed by atoms with Gasteiger partial charge in [0, 0.05) is 30.2 Å². The zero-order chi connectivity index (χ0) is 13.0. The van der Waals surface area contributed by atoms with Crippen LogP contribution in [0.4, 0.5) is 5.69 Å². The monoisotopic (exact) mass is 240 g/mol. The van der Waals surface area contributed by atoms with Crippen LogP contribution in [-0.2, 0) is 6.42 Å². The van der Waals surface area contributed by atoms with Gasteiger partial charge in [-0.15, -0.1) is 0 Å². The topological polar surface area (TPSA) is 42.0 Å². The Morgan fingerprint density at radius 3 is 2.78 bits per heavy atom. The number of rotatable bonds is 4. The average molecular weight is 240 g/mol. The van der Waals surface area contributed by atoms with Gasteiger partial charge in [-0.2, -0.15) is 0 Å². The molecule has 1 heterocycles. The van der Waals surface area contributed by atoms with Crippen LogP contribution in [0, 0.1) is 6.92 Å². The normalized spacial score (nSPS) is 10.1. The standard InChI is InChI=1S/C15H16N2O/c1-11-6-7-14(16-2)13(9-11)15(18)10-12-5-3-4-8-17-12/h3-9,16H,10H2,1-2H3. The van der Waals surface area contributed by atoms with Crippen molar-refractivity contribution in [1.82, 2.24) is 4.98 Å². The number of aryl methyl sites for hydroxylation is 1. The Morgan fingerprint density at radius 2 is 2.11 bits per heavy atom. The maximum atomic E-state index is 12.3. The number of anilines is 1. The van der Waals surface area contributed by atoms with Crippen molar-refractivity contribution >= 4 is 11.5 Å². The number of ketones is 1. The van der Waals surface area contributed by atoms with E-state index in [1.165, 1.54) is 0 Å². The summed E-state index contributed by atoms with van der Waals surface area (Å²) in [5, 5.41) is 3.05. The molecule has 3 heteroatoms. The Morgan fingerprint density at radius 1 is 1.28 bits per heavy atom. The zero-order valence-electron chi connectivity index (χ0n) is 10.6. The molecule has 92 valence electrons. The highest BCUT2D eigenvalue weighted by atomic mass is 16.1. The van der Waals surface area contributed by atoms with Crippen molar-refractivity contribution in [3.05, 3.63) is 59.4 Å². The predicted molar refractivity (Wildman–Crippen MR) is 73.0 cm³/mol. The third-order valence-electron chi connectivity index (χ3n) is 2.81. The minimum atomic E-state index is 0.0850. The molecule has 0 atom stereocenters. The summed E-state index contributed by atoms with van der Waals surface area (Å²) in [6.07, 6.45) is 2.04. The van der Waals surface area contributed by atoms with E-state index in [4.69, 9.17) is 0 Å². The lowest BCUT2D eigenvalue weighted by Crippen LogP contribution is -2.08. The second kappa shape index (κ2) is 5.45. The highest BCUT2D eigenvalue weighted by Crippen LogP contribution is 2.18. The van der Waals surface area contributed by atoms with Crippen molar-refractivity contribution in [2.24, 2.45) is 0 Å². The number of hydrogen-bond donors (Lipinski definition) is 1. The van der Waals surface area contributed by atoms with Crippen molar-refractivity contribution in [1.29, 1.82) is 0 Å². The highest BCUT2D eigenvalue weighted by Gasteiger charge is 2.12. The molecule has 3 nitrogen and oxygen atoms in total. The van der Waals surface area contributed by atoms with Gasteiger partial charge in [-0.3, -0.25) is 9.78 Å². The van der Waals surface area contributed by atoms with Crippen molar-refractivity contribution in [3.8, 4) is 0 Å². The molecule has 0 aliphatic carbocycles. The van der Waals surface area contributed by atoms with Crippen LogP contribution in [0.5, 0.6) is 0 Å². The van der Waals surface area contributed by atoms with Gasteiger partial charge in [0.15, 0.2) is 5.78 Å². The first-order valence-electron chi connectivity index (χ1n) is 5.92. The summed E-state index contributed by atoms with van der Waals surface area (Å²) in [4.78, 5) is 16.4. The second-order valence-corrected chi connectivity index (χ2v) is 4.22. The molecule has 0 spiro atoms. The van der Waals surface area contributed by atoms with Crippen LogP contribution in [0.25, 0.3) is 0 Å². The molecule has 0 amide bonds. The van der Waals surface area contributed by atoms with E-state index in [0.29, 0.717) is 6.42 Å². The first kappa shape index (κ1) is 12.3. The Hall–Kier alpha value is -2.16. The molecule has 1 N–H and O–H groups in total. The minimum absolute atomic E-state index is 0.0850. The summed E-state index contributed by atoms with van der Waals surface area (Å²) >= 11 is 0. The molecule has 0 saturated carbocycles. The summed E-state index contributed by atoms with van der Waals surface area (Å²) < 4.78 is 0. The average Bonchev–Trinajstić information content (AvgIpc) is 2.40. The third-order valence-corrected chi connectivity index (χ3v) is 2.81. The largest absolute Gasteiger partial charge is 0.388 e. The Kier molecular flexibility index (Phi) is 3.72. The van der Waals surface area contributed by atoms with E-state index in [1.54, 1.807) is 6.20 Å². The van der Waals surface area contributed by atoms with E-state index in [2.05, 4.69) is 10.3 Å². The van der Waals surface area contributed by atoms with Crippen LogP contribution in [0.15, 0.2) is 42.6 Å². The molecule has 0 unspecified atom stereocenters.